The fourth-order valence-electron chi connectivity index (χ4n) is 3.79. The largest absolute Gasteiger partial charge is 0.463 e. The van der Waals surface area contributed by atoms with Crippen LogP contribution < -0.4 is 14.8 Å². The van der Waals surface area contributed by atoms with E-state index in [2.05, 4.69) is 20.4 Å². The molecule has 4 heterocycles. The van der Waals surface area contributed by atoms with Crippen LogP contribution >= 0.6 is 0 Å². The van der Waals surface area contributed by atoms with Crippen molar-refractivity contribution in [1.82, 2.24) is 25.3 Å². The zero-order valence-electron chi connectivity index (χ0n) is 17.4. The van der Waals surface area contributed by atoms with Crippen molar-refractivity contribution in [3.8, 4) is 23.0 Å². The lowest BCUT2D eigenvalue weighted by molar-refractivity contribution is 0.0632. The first-order valence-corrected chi connectivity index (χ1v) is 10.5. The number of nitrogens with one attached hydrogen (secondary N) is 2. The molecule has 0 aliphatic carbocycles. The fraction of sp³-hybridized carbons (Fsp3) is 0.318. The molecule has 166 valence electrons. The predicted molar refractivity (Wildman–Crippen MR) is 114 cm³/mol. The summed E-state index contributed by atoms with van der Waals surface area (Å²) in [5.41, 5.74) is 1.59. The molecule has 0 saturated carbocycles. The first-order chi connectivity index (χ1) is 15.7. The lowest BCUT2D eigenvalue weighted by Crippen LogP contribution is -2.50. The monoisotopic (exact) mass is 437 g/mol. The second-order valence-electron chi connectivity index (χ2n) is 7.60. The van der Waals surface area contributed by atoms with E-state index in [9.17, 15) is 9.59 Å². The van der Waals surface area contributed by atoms with Crippen LogP contribution in [0.1, 0.15) is 20.8 Å². The van der Waals surface area contributed by atoms with E-state index < -0.39 is 0 Å². The molecule has 0 radical (unpaired) electrons. The lowest BCUT2D eigenvalue weighted by atomic mass is 10.2. The van der Waals surface area contributed by atoms with Gasteiger partial charge in [-0.05, 0) is 30.3 Å². The first kappa shape index (κ1) is 20.1. The third-order valence-corrected chi connectivity index (χ3v) is 5.59. The van der Waals surface area contributed by atoms with Crippen molar-refractivity contribution in [2.24, 2.45) is 0 Å². The number of hydrogen-bond donors (Lipinski definition) is 2. The molecule has 2 aliphatic rings. The smallest absolute Gasteiger partial charge is 0.274 e. The number of amides is 2. The summed E-state index contributed by atoms with van der Waals surface area (Å²) >= 11 is 0. The van der Waals surface area contributed by atoms with Crippen LogP contribution in [0.3, 0.4) is 0 Å². The van der Waals surface area contributed by atoms with Crippen LogP contribution in [0.4, 0.5) is 0 Å². The Balaban J connectivity index is 1.07. The highest BCUT2D eigenvalue weighted by atomic mass is 16.7. The first-order valence-electron chi connectivity index (χ1n) is 10.5. The van der Waals surface area contributed by atoms with Gasteiger partial charge in [0.2, 0.25) is 6.79 Å². The molecule has 1 fully saturated rings. The third-order valence-electron chi connectivity index (χ3n) is 5.59. The Morgan fingerprint density at radius 3 is 2.72 bits per heavy atom. The molecule has 3 aromatic rings. The minimum absolute atomic E-state index is 0.102. The highest BCUT2D eigenvalue weighted by Gasteiger charge is 2.24. The van der Waals surface area contributed by atoms with Gasteiger partial charge < -0.3 is 24.1 Å². The number of hydrogen-bond acceptors (Lipinski definition) is 7. The number of furan rings is 1. The third kappa shape index (κ3) is 4.17. The van der Waals surface area contributed by atoms with Gasteiger partial charge in [0.1, 0.15) is 5.69 Å². The molecule has 2 aromatic heterocycles. The van der Waals surface area contributed by atoms with E-state index in [1.165, 1.54) is 0 Å². The Morgan fingerprint density at radius 1 is 1.06 bits per heavy atom. The molecule has 1 saturated heterocycles. The van der Waals surface area contributed by atoms with Crippen molar-refractivity contribution in [2.75, 3.05) is 46.1 Å². The Hall–Kier alpha value is -3.79. The van der Waals surface area contributed by atoms with Crippen molar-refractivity contribution in [1.29, 1.82) is 0 Å². The van der Waals surface area contributed by atoms with E-state index in [0.717, 1.165) is 13.1 Å². The molecule has 32 heavy (non-hydrogen) atoms. The highest BCUT2D eigenvalue weighted by molar-refractivity contribution is 5.95. The van der Waals surface area contributed by atoms with Crippen LogP contribution in [0.2, 0.25) is 0 Å². The van der Waals surface area contributed by atoms with Crippen molar-refractivity contribution < 1.29 is 23.5 Å². The normalized spacial score (nSPS) is 15.7. The average Bonchev–Trinajstić information content (AvgIpc) is 3.59. The number of rotatable bonds is 6. The number of fused-ring (bicyclic) bond motifs is 1. The van der Waals surface area contributed by atoms with Gasteiger partial charge in [-0.2, -0.15) is 5.10 Å². The van der Waals surface area contributed by atoms with Gasteiger partial charge in [-0.15, -0.1) is 0 Å². The van der Waals surface area contributed by atoms with E-state index >= 15 is 0 Å². The summed E-state index contributed by atoms with van der Waals surface area (Å²) in [7, 11) is 0. The topological polar surface area (TPSA) is 113 Å². The Bertz CT molecular complexity index is 1100. The number of carbonyl (C=O) groups excluding carboxylic acids is 2. The number of piperazine rings is 1. The van der Waals surface area contributed by atoms with Crippen molar-refractivity contribution in [3.05, 3.63) is 53.9 Å². The molecule has 0 bridgehead atoms. The van der Waals surface area contributed by atoms with Crippen LogP contribution in [0.5, 0.6) is 11.5 Å². The summed E-state index contributed by atoms with van der Waals surface area (Å²) in [4.78, 5) is 29.1. The number of benzene rings is 1. The predicted octanol–water partition coefficient (Wildman–Crippen LogP) is 1.59. The number of carbonyl (C=O) groups is 2. The minimum Gasteiger partial charge on any atom is -0.463 e. The van der Waals surface area contributed by atoms with Crippen LogP contribution in [0.25, 0.3) is 11.5 Å². The molecule has 2 amide bonds. The molecular weight excluding hydrogens is 414 g/mol. The minimum atomic E-state index is -0.150. The molecule has 10 heteroatoms. The zero-order chi connectivity index (χ0) is 21.9. The Labute approximate surface area is 184 Å². The number of aromatic nitrogens is 2. The molecule has 0 spiro atoms. The van der Waals surface area contributed by atoms with E-state index in [4.69, 9.17) is 13.9 Å². The lowest BCUT2D eigenvalue weighted by Gasteiger charge is -2.34. The van der Waals surface area contributed by atoms with Crippen LogP contribution in [0, 0.1) is 0 Å². The van der Waals surface area contributed by atoms with Gasteiger partial charge in [0.05, 0.1) is 6.26 Å². The maximum atomic E-state index is 12.7. The van der Waals surface area contributed by atoms with Gasteiger partial charge in [0.25, 0.3) is 11.8 Å². The highest BCUT2D eigenvalue weighted by Crippen LogP contribution is 2.32. The maximum absolute atomic E-state index is 12.7. The number of ether oxygens (including phenoxy) is 2. The number of H-pyrrole nitrogens is 1. The molecule has 0 unspecified atom stereocenters. The van der Waals surface area contributed by atoms with Crippen LogP contribution in [0.15, 0.2) is 47.1 Å². The molecule has 2 aliphatic heterocycles. The SMILES string of the molecule is O=C(NCCN1CCN(C(=O)c2cc(-c3ccco3)[nH]n2)CC1)c1ccc2c(c1)OCO2. The van der Waals surface area contributed by atoms with Gasteiger partial charge in [-0.25, -0.2) is 0 Å². The van der Waals surface area contributed by atoms with Gasteiger partial charge in [-0.3, -0.25) is 19.6 Å². The molecule has 0 atom stereocenters. The van der Waals surface area contributed by atoms with Crippen molar-refractivity contribution >= 4 is 11.8 Å². The summed E-state index contributed by atoms with van der Waals surface area (Å²) in [6.45, 7) is 4.11. The van der Waals surface area contributed by atoms with E-state index in [1.54, 1.807) is 41.5 Å². The van der Waals surface area contributed by atoms with Gasteiger partial charge in [0, 0.05) is 50.9 Å². The van der Waals surface area contributed by atoms with E-state index in [1.807, 2.05) is 6.07 Å². The molecular formula is C22H23N5O5. The Morgan fingerprint density at radius 2 is 1.91 bits per heavy atom. The molecule has 5 rings (SSSR count). The quantitative estimate of drug-likeness (QED) is 0.602. The number of nitrogens with zero attached hydrogens (tertiary/aromatic N) is 3. The van der Waals surface area contributed by atoms with Crippen molar-refractivity contribution in [3.63, 3.8) is 0 Å². The number of aromatic amines is 1. The maximum Gasteiger partial charge on any atom is 0.274 e. The van der Waals surface area contributed by atoms with Gasteiger partial charge >= 0.3 is 0 Å². The van der Waals surface area contributed by atoms with Crippen molar-refractivity contribution in [2.45, 2.75) is 0 Å². The van der Waals surface area contributed by atoms with Crippen LogP contribution in [-0.4, -0.2) is 77.9 Å². The molecule has 2 N–H and O–H groups in total. The summed E-state index contributed by atoms with van der Waals surface area (Å²) in [5.74, 6) is 1.63. The molecule has 1 aromatic carbocycles. The second-order valence-corrected chi connectivity index (χ2v) is 7.60. The van der Waals surface area contributed by atoms with E-state index in [-0.39, 0.29) is 18.6 Å². The van der Waals surface area contributed by atoms with Gasteiger partial charge in [0.15, 0.2) is 23.0 Å². The van der Waals surface area contributed by atoms with Gasteiger partial charge in [-0.1, -0.05) is 0 Å². The summed E-state index contributed by atoms with van der Waals surface area (Å²) in [6, 6.07) is 10.5. The fourth-order valence-corrected chi connectivity index (χ4v) is 3.79. The summed E-state index contributed by atoms with van der Waals surface area (Å²) in [5, 5.41) is 9.91. The summed E-state index contributed by atoms with van der Waals surface area (Å²) < 4.78 is 15.9. The average molecular weight is 437 g/mol. The second kappa shape index (κ2) is 8.75. The zero-order valence-corrected chi connectivity index (χ0v) is 17.4. The Kier molecular flexibility index (Phi) is 5.51. The standard InChI is InChI=1S/C22H23N5O5/c28-21(15-3-4-19-20(12-15)32-14-31-19)23-5-6-26-7-9-27(10-8-26)22(29)17-13-16(24-25-17)18-2-1-11-30-18/h1-4,11-13H,5-10,14H2,(H,23,28)(H,24,25). The van der Waals surface area contributed by atoms with Crippen LogP contribution in [-0.2, 0) is 0 Å². The van der Waals surface area contributed by atoms with E-state index in [0.29, 0.717) is 60.4 Å². The molecule has 10 nitrogen and oxygen atoms in total. The summed E-state index contributed by atoms with van der Waals surface area (Å²) in [6.07, 6.45) is 1.58.